The second-order valence-corrected chi connectivity index (χ2v) is 18.2. The van der Waals surface area contributed by atoms with Crippen molar-refractivity contribution in [2.24, 2.45) is 5.41 Å². The van der Waals surface area contributed by atoms with Crippen LogP contribution in [-0.4, -0.2) is 75.7 Å². The van der Waals surface area contributed by atoms with Crippen LogP contribution in [0.5, 0.6) is 0 Å². The average molecular weight is 778 g/mol. The van der Waals surface area contributed by atoms with Crippen LogP contribution >= 0.6 is 0 Å². The molecular formula is C49H95NO5. The maximum absolute atomic E-state index is 13.2. The van der Waals surface area contributed by atoms with Crippen LogP contribution in [0.15, 0.2) is 0 Å². The van der Waals surface area contributed by atoms with Crippen LogP contribution in [0.25, 0.3) is 0 Å². The number of carbonyl (C=O) groups excluding carboxylic acids is 1. The fraction of sp³-hybridized carbons (Fsp3) is 0.980. The number of piperidine rings is 1. The van der Waals surface area contributed by atoms with Gasteiger partial charge >= 0.3 is 5.97 Å². The highest BCUT2D eigenvalue weighted by molar-refractivity contribution is 5.76. The van der Waals surface area contributed by atoms with Gasteiger partial charge < -0.3 is 23.8 Å². The van der Waals surface area contributed by atoms with Crippen LogP contribution in [0.2, 0.25) is 0 Å². The van der Waals surface area contributed by atoms with E-state index in [4.69, 9.17) is 18.9 Å². The summed E-state index contributed by atoms with van der Waals surface area (Å²) in [6.45, 7) is 10.8. The molecule has 0 radical (unpaired) electrons. The molecule has 2 heterocycles. The molecule has 0 aromatic rings. The van der Waals surface area contributed by atoms with Gasteiger partial charge in [0.25, 0.3) is 0 Å². The maximum Gasteiger partial charge on any atom is 0.311 e. The molecule has 2 saturated heterocycles. The van der Waals surface area contributed by atoms with E-state index < -0.39 is 5.41 Å². The topological polar surface area (TPSA) is 57.2 Å². The van der Waals surface area contributed by atoms with Gasteiger partial charge in [-0.3, -0.25) is 4.79 Å². The Morgan fingerprint density at radius 1 is 0.545 bits per heavy atom. The van der Waals surface area contributed by atoms with Gasteiger partial charge in [-0.15, -0.1) is 0 Å². The summed E-state index contributed by atoms with van der Waals surface area (Å²) in [5, 5.41) is 0. The third-order valence-electron chi connectivity index (χ3n) is 12.8. The van der Waals surface area contributed by atoms with Gasteiger partial charge in [0.2, 0.25) is 0 Å². The fourth-order valence-electron chi connectivity index (χ4n) is 8.55. The quantitative estimate of drug-likeness (QED) is 0.0458. The minimum atomic E-state index is -0.405. The Kier molecular flexibility index (Phi) is 32.4. The van der Waals surface area contributed by atoms with Crippen molar-refractivity contribution in [2.75, 3.05) is 46.6 Å². The van der Waals surface area contributed by atoms with Crippen molar-refractivity contribution in [3.8, 4) is 0 Å². The summed E-state index contributed by atoms with van der Waals surface area (Å²) >= 11 is 0. The number of ether oxygens (including phenoxy) is 4. The largest absolute Gasteiger partial charge is 0.462 e. The van der Waals surface area contributed by atoms with Gasteiger partial charge in [0.15, 0.2) is 0 Å². The summed E-state index contributed by atoms with van der Waals surface area (Å²) in [7, 11) is 2.12. The van der Waals surface area contributed by atoms with Crippen LogP contribution in [-0.2, 0) is 23.7 Å². The van der Waals surface area contributed by atoms with Crippen LogP contribution < -0.4 is 0 Å². The van der Waals surface area contributed by atoms with Gasteiger partial charge in [-0.2, -0.15) is 0 Å². The Balaban J connectivity index is 1.57. The predicted octanol–water partition coefficient (Wildman–Crippen LogP) is 14.0. The third kappa shape index (κ3) is 26.1. The lowest BCUT2D eigenvalue weighted by Crippen LogP contribution is -2.43. The Morgan fingerprint density at radius 3 is 1.27 bits per heavy atom. The lowest BCUT2D eigenvalue weighted by Gasteiger charge is -2.36. The Hall–Kier alpha value is -0.690. The van der Waals surface area contributed by atoms with E-state index in [0.29, 0.717) is 6.61 Å². The zero-order valence-electron chi connectivity index (χ0n) is 37.5. The standard InChI is InChI=1S/C49H95NO5/c1-5-7-9-11-13-15-17-19-21-23-25-27-29-31-33-35-41-52-45-43-54-46(44-55-48(51)49(3)37-39-50(4)40-38-49)47(45)53-42-36-34-32-30-28-26-24-22-20-18-16-14-12-10-8-6-2/h45-47H,5-44H2,1-4H3/t45-,46+,47+/m0/s1. The fourth-order valence-corrected chi connectivity index (χ4v) is 8.55. The molecule has 0 N–H and O–H groups in total. The van der Waals surface area contributed by atoms with E-state index in [1.54, 1.807) is 0 Å². The number of esters is 1. The van der Waals surface area contributed by atoms with E-state index in [-0.39, 0.29) is 30.9 Å². The van der Waals surface area contributed by atoms with Crippen LogP contribution in [0.4, 0.5) is 0 Å². The molecule has 0 unspecified atom stereocenters. The first-order valence-electron chi connectivity index (χ1n) is 24.7. The molecule has 0 aliphatic carbocycles. The molecule has 0 aromatic heterocycles. The van der Waals surface area contributed by atoms with Crippen molar-refractivity contribution in [3.05, 3.63) is 0 Å². The summed E-state index contributed by atoms with van der Waals surface area (Å²) in [6.07, 6.45) is 45.0. The van der Waals surface area contributed by atoms with Crippen molar-refractivity contribution >= 4 is 5.97 Å². The number of rotatable bonds is 39. The maximum atomic E-state index is 13.2. The summed E-state index contributed by atoms with van der Waals surface area (Å²) < 4.78 is 25.0. The lowest BCUT2D eigenvalue weighted by molar-refractivity contribution is -0.163. The Bertz CT molecular complexity index is 845. The van der Waals surface area contributed by atoms with Gasteiger partial charge in [-0.25, -0.2) is 0 Å². The third-order valence-corrected chi connectivity index (χ3v) is 12.8. The highest BCUT2D eigenvalue weighted by atomic mass is 16.6. The Labute approximate surface area is 343 Å². The van der Waals surface area contributed by atoms with E-state index in [1.807, 2.05) is 0 Å². The zero-order chi connectivity index (χ0) is 39.5. The van der Waals surface area contributed by atoms with Crippen molar-refractivity contribution in [1.29, 1.82) is 0 Å². The average Bonchev–Trinajstić information content (AvgIpc) is 3.58. The molecule has 0 spiro atoms. The predicted molar refractivity (Wildman–Crippen MR) is 234 cm³/mol. The summed E-state index contributed by atoms with van der Waals surface area (Å²) in [6, 6.07) is 0. The van der Waals surface area contributed by atoms with Gasteiger partial charge in [-0.1, -0.05) is 206 Å². The zero-order valence-corrected chi connectivity index (χ0v) is 37.5. The number of carbonyl (C=O) groups is 1. The first-order chi connectivity index (χ1) is 27.0. The molecule has 3 atom stereocenters. The number of unbranched alkanes of at least 4 members (excludes halogenated alkanes) is 30. The molecule has 326 valence electrons. The van der Waals surface area contributed by atoms with Crippen molar-refractivity contribution in [2.45, 2.75) is 257 Å². The van der Waals surface area contributed by atoms with Crippen LogP contribution in [0.3, 0.4) is 0 Å². The number of likely N-dealkylation sites (tertiary alicyclic amines) is 1. The second kappa shape index (κ2) is 35.3. The van der Waals surface area contributed by atoms with E-state index in [2.05, 4.69) is 32.7 Å². The highest BCUT2D eigenvalue weighted by Gasteiger charge is 2.42. The van der Waals surface area contributed by atoms with Crippen molar-refractivity contribution in [3.63, 3.8) is 0 Å². The molecule has 6 heteroatoms. The summed E-state index contributed by atoms with van der Waals surface area (Å²) in [5.74, 6) is -0.0849. The first kappa shape index (κ1) is 50.5. The molecule has 2 aliphatic heterocycles. The number of hydrogen-bond acceptors (Lipinski definition) is 6. The summed E-state index contributed by atoms with van der Waals surface area (Å²) in [5.41, 5.74) is -0.405. The molecular weight excluding hydrogens is 683 g/mol. The molecule has 0 aromatic carbocycles. The van der Waals surface area contributed by atoms with E-state index in [1.165, 1.54) is 193 Å². The molecule has 0 amide bonds. The lowest BCUT2D eigenvalue weighted by atomic mass is 9.80. The molecule has 2 aliphatic rings. The SMILES string of the molecule is CCCCCCCCCCCCCCCCCCO[C@@H]1[C@@H](OCCCCCCCCCCCCCCCCCC)CO[C@@H]1COC(=O)C1(C)CCN(C)CC1. The van der Waals surface area contributed by atoms with E-state index in [9.17, 15) is 4.79 Å². The van der Waals surface area contributed by atoms with Crippen LogP contribution in [0.1, 0.15) is 239 Å². The van der Waals surface area contributed by atoms with Crippen molar-refractivity contribution in [1.82, 2.24) is 4.90 Å². The van der Waals surface area contributed by atoms with Gasteiger partial charge in [-0.05, 0) is 52.7 Å². The minimum Gasteiger partial charge on any atom is -0.462 e. The van der Waals surface area contributed by atoms with Gasteiger partial charge in [0.1, 0.15) is 24.9 Å². The molecule has 6 nitrogen and oxygen atoms in total. The number of hydrogen-bond donors (Lipinski definition) is 0. The first-order valence-corrected chi connectivity index (χ1v) is 24.7. The number of nitrogens with zero attached hydrogens (tertiary/aromatic N) is 1. The van der Waals surface area contributed by atoms with E-state index in [0.717, 1.165) is 52.0 Å². The second-order valence-electron chi connectivity index (χ2n) is 18.2. The normalized spacial score (nSPS) is 20.0. The van der Waals surface area contributed by atoms with Crippen molar-refractivity contribution < 1.29 is 23.7 Å². The van der Waals surface area contributed by atoms with Crippen LogP contribution in [0, 0.1) is 5.41 Å². The molecule has 55 heavy (non-hydrogen) atoms. The monoisotopic (exact) mass is 778 g/mol. The summed E-state index contributed by atoms with van der Waals surface area (Å²) in [4.78, 5) is 15.5. The van der Waals surface area contributed by atoms with E-state index >= 15 is 0 Å². The minimum absolute atomic E-state index is 0.0833. The molecule has 2 fully saturated rings. The molecule has 2 rings (SSSR count). The van der Waals surface area contributed by atoms with Gasteiger partial charge in [0, 0.05) is 13.2 Å². The molecule has 0 saturated carbocycles. The van der Waals surface area contributed by atoms with Gasteiger partial charge in [0.05, 0.1) is 12.0 Å². The highest BCUT2D eigenvalue weighted by Crippen LogP contribution is 2.32. The Morgan fingerprint density at radius 2 is 0.891 bits per heavy atom. The molecule has 0 bridgehead atoms. The smallest absolute Gasteiger partial charge is 0.311 e.